The third kappa shape index (κ3) is 3.68. The average Bonchev–Trinajstić information content (AvgIpc) is 3.20. The van der Waals surface area contributed by atoms with E-state index in [0.29, 0.717) is 12.2 Å². The standard InChI is InChI=1S/C22H23N5O3/c1-13-4-6-16(7-5-13)11-23-18(28)12-26-20-19(24-25-26)21(29)27(22(20)30)17-9-14(2)8-15(3)10-17/h4-10,19-20H,11-12H2,1-3H3,(H,23,28)/t19-,20+/m1/s1. The summed E-state index contributed by atoms with van der Waals surface area (Å²) in [5, 5.41) is 12.0. The Morgan fingerprint density at radius 1 is 0.967 bits per heavy atom. The van der Waals surface area contributed by atoms with Crippen LogP contribution in [0.5, 0.6) is 0 Å². The molecule has 0 radical (unpaired) electrons. The fourth-order valence-corrected chi connectivity index (χ4v) is 3.80. The summed E-state index contributed by atoms with van der Waals surface area (Å²) in [6, 6.07) is 11.6. The van der Waals surface area contributed by atoms with E-state index in [-0.39, 0.29) is 12.5 Å². The van der Waals surface area contributed by atoms with Crippen molar-refractivity contribution >= 4 is 23.4 Å². The van der Waals surface area contributed by atoms with Crippen molar-refractivity contribution in [2.24, 2.45) is 10.3 Å². The zero-order chi connectivity index (χ0) is 21.4. The number of nitrogens with zero attached hydrogens (tertiary/aromatic N) is 4. The molecule has 2 atom stereocenters. The monoisotopic (exact) mass is 405 g/mol. The van der Waals surface area contributed by atoms with Crippen molar-refractivity contribution < 1.29 is 14.4 Å². The minimum atomic E-state index is -0.914. The number of aryl methyl sites for hydroxylation is 3. The molecule has 1 saturated heterocycles. The van der Waals surface area contributed by atoms with Gasteiger partial charge in [-0.1, -0.05) is 41.1 Å². The van der Waals surface area contributed by atoms with Gasteiger partial charge in [-0.15, -0.1) is 0 Å². The Balaban J connectivity index is 1.44. The number of fused-ring (bicyclic) bond motifs is 1. The maximum absolute atomic E-state index is 13.0. The molecule has 0 unspecified atom stereocenters. The Labute approximate surface area is 174 Å². The van der Waals surface area contributed by atoms with E-state index in [1.54, 1.807) is 12.1 Å². The molecule has 8 heteroatoms. The van der Waals surface area contributed by atoms with Crippen molar-refractivity contribution in [3.05, 3.63) is 64.7 Å². The molecule has 2 aliphatic heterocycles. The predicted molar refractivity (Wildman–Crippen MR) is 111 cm³/mol. The van der Waals surface area contributed by atoms with Gasteiger partial charge in [0.15, 0.2) is 12.1 Å². The molecule has 0 aliphatic carbocycles. The third-order valence-electron chi connectivity index (χ3n) is 5.24. The van der Waals surface area contributed by atoms with Gasteiger partial charge in [-0.05, 0) is 49.6 Å². The van der Waals surface area contributed by atoms with Crippen LogP contribution in [-0.4, -0.2) is 41.4 Å². The first kappa shape index (κ1) is 19.8. The summed E-state index contributed by atoms with van der Waals surface area (Å²) >= 11 is 0. The number of hydrogen-bond donors (Lipinski definition) is 1. The van der Waals surface area contributed by atoms with E-state index in [9.17, 15) is 14.4 Å². The van der Waals surface area contributed by atoms with E-state index in [1.165, 1.54) is 5.01 Å². The highest BCUT2D eigenvalue weighted by molar-refractivity contribution is 6.25. The van der Waals surface area contributed by atoms with Gasteiger partial charge < -0.3 is 5.32 Å². The lowest BCUT2D eigenvalue weighted by Gasteiger charge is -2.20. The molecule has 1 fully saturated rings. The topological polar surface area (TPSA) is 94.4 Å². The lowest BCUT2D eigenvalue weighted by atomic mass is 10.1. The Hall–Kier alpha value is -3.55. The summed E-state index contributed by atoms with van der Waals surface area (Å²) < 4.78 is 0. The van der Waals surface area contributed by atoms with Crippen molar-refractivity contribution in [2.45, 2.75) is 39.4 Å². The minimum absolute atomic E-state index is 0.143. The second-order valence-corrected chi connectivity index (χ2v) is 7.81. The predicted octanol–water partition coefficient (Wildman–Crippen LogP) is 2.22. The molecule has 8 nitrogen and oxygen atoms in total. The van der Waals surface area contributed by atoms with Crippen molar-refractivity contribution in [3.63, 3.8) is 0 Å². The van der Waals surface area contributed by atoms with Crippen LogP contribution < -0.4 is 10.2 Å². The number of nitrogens with one attached hydrogen (secondary N) is 1. The van der Waals surface area contributed by atoms with Crippen LogP contribution in [0.3, 0.4) is 0 Å². The lowest BCUT2D eigenvalue weighted by Crippen LogP contribution is -2.44. The van der Waals surface area contributed by atoms with E-state index < -0.39 is 23.9 Å². The number of hydrogen-bond acceptors (Lipinski definition) is 6. The normalized spacial score (nSPS) is 20.1. The highest BCUT2D eigenvalue weighted by Crippen LogP contribution is 2.32. The molecule has 2 aromatic carbocycles. The smallest absolute Gasteiger partial charge is 0.263 e. The molecule has 2 heterocycles. The van der Waals surface area contributed by atoms with Crippen LogP contribution in [-0.2, 0) is 20.9 Å². The lowest BCUT2D eigenvalue weighted by molar-refractivity contribution is -0.125. The zero-order valence-electron chi connectivity index (χ0n) is 17.1. The summed E-state index contributed by atoms with van der Waals surface area (Å²) in [5.41, 5.74) is 4.55. The van der Waals surface area contributed by atoms with E-state index in [1.807, 2.05) is 51.1 Å². The molecule has 0 bridgehead atoms. The maximum Gasteiger partial charge on any atom is 0.263 e. The SMILES string of the molecule is Cc1ccc(CNC(=O)CN2N=N[C@H]3C(=O)N(c4cc(C)cc(C)c4)C(=O)[C@H]32)cc1. The molecule has 4 rings (SSSR count). The van der Waals surface area contributed by atoms with Gasteiger partial charge in [0.25, 0.3) is 11.8 Å². The number of anilines is 1. The Morgan fingerprint density at radius 3 is 2.30 bits per heavy atom. The molecule has 1 N–H and O–H groups in total. The summed E-state index contributed by atoms with van der Waals surface area (Å²) in [7, 11) is 0. The van der Waals surface area contributed by atoms with Crippen LogP contribution in [0, 0.1) is 20.8 Å². The number of benzene rings is 2. The number of amides is 3. The summed E-state index contributed by atoms with van der Waals surface area (Å²) in [6.45, 7) is 6.05. The fourth-order valence-electron chi connectivity index (χ4n) is 3.80. The van der Waals surface area contributed by atoms with Crippen molar-refractivity contribution in [1.82, 2.24) is 10.3 Å². The number of imide groups is 1. The second-order valence-electron chi connectivity index (χ2n) is 7.81. The highest BCUT2D eigenvalue weighted by atomic mass is 16.2. The van der Waals surface area contributed by atoms with E-state index in [4.69, 9.17) is 0 Å². The number of carbonyl (C=O) groups is 3. The first-order valence-electron chi connectivity index (χ1n) is 9.79. The van der Waals surface area contributed by atoms with E-state index in [2.05, 4.69) is 15.7 Å². The van der Waals surface area contributed by atoms with Gasteiger partial charge in [0.2, 0.25) is 5.91 Å². The molecule has 0 spiro atoms. The van der Waals surface area contributed by atoms with Crippen LogP contribution >= 0.6 is 0 Å². The molecule has 2 aliphatic rings. The van der Waals surface area contributed by atoms with Crippen molar-refractivity contribution in [1.29, 1.82) is 0 Å². The zero-order valence-corrected chi connectivity index (χ0v) is 17.1. The summed E-state index contributed by atoms with van der Waals surface area (Å²) in [5.74, 6) is -1.12. The molecule has 2 aromatic rings. The molecule has 0 aromatic heterocycles. The molecular weight excluding hydrogens is 382 g/mol. The quantitative estimate of drug-likeness (QED) is 0.772. The van der Waals surface area contributed by atoms with Crippen LogP contribution in [0.25, 0.3) is 0 Å². The largest absolute Gasteiger partial charge is 0.350 e. The van der Waals surface area contributed by atoms with Crippen LogP contribution in [0.4, 0.5) is 5.69 Å². The van der Waals surface area contributed by atoms with Gasteiger partial charge >= 0.3 is 0 Å². The first-order chi connectivity index (χ1) is 14.3. The third-order valence-corrected chi connectivity index (χ3v) is 5.24. The van der Waals surface area contributed by atoms with E-state index >= 15 is 0 Å². The Kier molecular flexibility index (Phi) is 5.07. The Morgan fingerprint density at radius 2 is 1.63 bits per heavy atom. The van der Waals surface area contributed by atoms with Gasteiger partial charge in [-0.2, -0.15) is 5.11 Å². The molecule has 0 saturated carbocycles. The summed E-state index contributed by atoms with van der Waals surface area (Å²) in [6.07, 6.45) is 0. The maximum atomic E-state index is 13.0. The average molecular weight is 405 g/mol. The van der Waals surface area contributed by atoms with Crippen LogP contribution in [0.2, 0.25) is 0 Å². The number of carbonyl (C=O) groups excluding carboxylic acids is 3. The first-order valence-corrected chi connectivity index (χ1v) is 9.79. The molecular formula is C22H23N5O3. The highest BCUT2D eigenvalue weighted by Gasteiger charge is 2.55. The van der Waals surface area contributed by atoms with Gasteiger partial charge in [0.1, 0.15) is 6.54 Å². The minimum Gasteiger partial charge on any atom is -0.350 e. The van der Waals surface area contributed by atoms with Gasteiger partial charge in [0, 0.05) is 6.54 Å². The van der Waals surface area contributed by atoms with Gasteiger partial charge in [-0.3, -0.25) is 19.4 Å². The van der Waals surface area contributed by atoms with Crippen LogP contribution in [0.15, 0.2) is 52.8 Å². The van der Waals surface area contributed by atoms with Crippen molar-refractivity contribution in [2.75, 3.05) is 11.4 Å². The molecule has 30 heavy (non-hydrogen) atoms. The van der Waals surface area contributed by atoms with Crippen molar-refractivity contribution in [3.8, 4) is 0 Å². The van der Waals surface area contributed by atoms with Gasteiger partial charge in [-0.25, -0.2) is 4.90 Å². The Bertz CT molecular complexity index is 1030. The van der Waals surface area contributed by atoms with Gasteiger partial charge in [0.05, 0.1) is 5.69 Å². The molecule has 154 valence electrons. The van der Waals surface area contributed by atoms with E-state index in [0.717, 1.165) is 27.2 Å². The fraction of sp³-hybridized carbons (Fsp3) is 0.318. The number of rotatable bonds is 5. The second kappa shape index (κ2) is 7.70. The molecule has 3 amide bonds. The summed E-state index contributed by atoms with van der Waals surface area (Å²) in [4.78, 5) is 39.4. The van der Waals surface area contributed by atoms with Crippen LogP contribution in [0.1, 0.15) is 22.3 Å².